The summed E-state index contributed by atoms with van der Waals surface area (Å²) in [7, 11) is 0. The van der Waals surface area contributed by atoms with Gasteiger partial charge in [0.2, 0.25) is 0 Å². The smallest absolute Gasteiger partial charge is 0.256 e. The van der Waals surface area contributed by atoms with Crippen molar-refractivity contribution in [2.45, 2.75) is 6.92 Å². The summed E-state index contributed by atoms with van der Waals surface area (Å²) in [5.41, 5.74) is 2.50. The SMILES string of the molecule is Cc1ccc(C#N)cc1NC(=O)c1ccc(Cl)cc1Br. The molecule has 2 rings (SSSR count). The topological polar surface area (TPSA) is 52.9 Å². The average molecular weight is 350 g/mol. The summed E-state index contributed by atoms with van der Waals surface area (Å²) < 4.78 is 0.622. The monoisotopic (exact) mass is 348 g/mol. The van der Waals surface area contributed by atoms with E-state index in [0.717, 1.165) is 5.56 Å². The molecule has 2 aromatic rings. The number of hydrogen-bond donors (Lipinski definition) is 1. The Kier molecular flexibility index (Phi) is 4.43. The number of nitriles is 1. The molecule has 0 fully saturated rings. The minimum atomic E-state index is -0.258. The largest absolute Gasteiger partial charge is 0.322 e. The van der Waals surface area contributed by atoms with Gasteiger partial charge in [0.1, 0.15) is 0 Å². The molecule has 0 atom stereocenters. The Bertz CT molecular complexity index is 722. The van der Waals surface area contributed by atoms with Gasteiger partial charge in [-0.1, -0.05) is 17.7 Å². The molecule has 0 aromatic heterocycles. The normalized spacial score (nSPS) is 9.90. The highest BCUT2D eigenvalue weighted by molar-refractivity contribution is 9.10. The zero-order valence-electron chi connectivity index (χ0n) is 10.6. The lowest BCUT2D eigenvalue weighted by molar-refractivity contribution is 0.102. The van der Waals surface area contributed by atoms with Crippen molar-refractivity contribution < 1.29 is 4.79 Å². The summed E-state index contributed by atoms with van der Waals surface area (Å²) in [5, 5.41) is 12.2. The second-order valence-corrected chi connectivity index (χ2v) is 5.51. The number of halogens is 2. The van der Waals surface area contributed by atoms with E-state index >= 15 is 0 Å². The number of benzene rings is 2. The van der Waals surface area contributed by atoms with Crippen LogP contribution in [-0.4, -0.2) is 5.91 Å². The molecule has 20 heavy (non-hydrogen) atoms. The zero-order chi connectivity index (χ0) is 14.7. The van der Waals surface area contributed by atoms with Crippen LogP contribution in [0.2, 0.25) is 5.02 Å². The number of hydrogen-bond acceptors (Lipinski definition) is 2. The highest BCUT2D eigenvalue weighted by Crippen LogP contribution is 2.23. The predicted octanol–water partition coefficient (Wildman–Crippen LogP) is 4.53. The van der Waals surface area contributed by atoms with E-state index in [1.54, 1.807) is 36.4 Å². The molecule has 5 heteroatoms. The van der Waals surface area contributed by atoms with Crippen LogP contribution in [0.4, 0.5) is 5.69 Å². The first-order valence-corrected chi connectivity index (χ1v) is 6.95. The standard InChI is InChI=1S/C15H10BrClN2O/c1-9-2-3-10(8-18)6-14(9)19-15(20)12-5-4-11(17)7-13(12)16/h2-7H,1H3,(H,19,20). The van der Waals surface area contributed by atoms with Crippen LogP contribution in [0.25, 0.3) is 0 Å². The Balaban J connectivity index is 2.30. The van der Waals surface area contributed by atoms with E-state index in [4.69, 9.17) is 16.9 Å². The fourth-order valence-electron chi connectivity index (χ4n) is 1.69. The molecule has 1 N–H and O–H groups in total. The van der Waals surface area contributed by atoms with Gasteiger partial charge in [0.25, 0.3) is 5.91 Å². The number of amides is 1. The lowest BCUT2D eigenvalue weighted by atomic mass is 10.1. The highest BCUT2D eigenvalue weighted by Gasteiger charge is 2.12. The van der Waals surface area contributed by atoms with E-state index in [9.17, 15) is 4.79 Å². The van der Waals surface area contributed by atoms with Crippen LogP contribution in [0.5, 0.6) is 0 Å². The molecule has 2 aromatic carbocycles. The van der Waals surface area contributed by atoms with Gasteiger partial charge in [-0.25, -0.2) is 0 Å². The van der Waals surface area contributed by atoms with Crippen molar-refractivity contribution in [2.75, 3.05) is 5.32 Å². The number of carbonyl (C=O) groups is 1. The predicted molar refractivity (Wildman–Crippen MR) is 83.0 cm³/mol. The number of carbonyl (C=O) groups excluding carboxylic acids is 1. The quantitative estimate of drug-likeness (QED) is 0.865. The van der Waals surface area contributed by atoms with Gasteiger partial charge in [-0.15, -0.1) is 0 Å². The average Bonchev–Trinajstić information content (AvgIpc) is 2.41. The number of aryl methyl sites for hydroxylation is 1. The molecule has 0 heterocycles. The molecule has 0 aliphatic heterocycles. The summed E-state index contributed by atoms with van der Waals surface area (Å²) in [6.07, 6.45) is 0. The number of nitrogens with zero attached hydrogens (tertiary/aromatic N) is 1. The Morgan fingerprint density at radius 2 is 2.05 bits per heavy atom. The first-order valence-electron chi connectivity index (χ1n) is 5.78. The fourth-order valence-corrected chi connectivity index (χ4v) is 2.55. The van der Waals surface area contributed by atoms with Crippen LogP contribution in [0.15, 0.2) is 40.9 Å². The van der Waals surface area contributed by atoms with Crippen LogP contribution in [0, 0.1) is 18.3 Å². The van der Waals surface area contributed by atoms with E-state index in [1.165, 1.54) is 0 Å². The summed E-state index contributed by atoms with van der Waals surface area (Å²) >= 11 is 9.16. The fraction of sp³-hybridized carbons (Fsp3) is 0.0667. The molecule has 0 radical (unpaired) electrons. The maximum atomic E-state index is 12.2. The summed E-state index contributed by atoms with van der Waals surface area (Å²) in [5.74, 6) is -0.258. The van der Waals surface area contributed by atoms with Crippen LogP contribution in [0.1, 0.15) is 21.5 Å². The summed E-state index contributed by atoms with van der Waals surface area (Å²) in [6.45, 7) is 1.87. The van der Waals surface area contributed by atoms with Crippen molar-refractivity contribution in [2.24, 2.45) is 0 Å². The van der Waals surface area contributed by atoms with Crippen LogP contribution >= 0.6 is 27.5 Å². The highest BCUT2D eigenvalue weighted by atomic mass is 79.9. The first kappa shape index (κ1) is 14.6. The van der Waals surface area contributed by atoms with Crippen molar-refractivity contribution in [1.82, 2.24) is 0 Å². The van der Waals surface area contributed by atoms with Crippen molar-refractivity contribution in [3.63, 3.8) is 0 Å². The molecular formula is C15H10BrClN2O. The summed E-state index contributed by atoms with van der Waals surface area (Å²) in [6, 6.07) is 12.2. The Morgan fingerprint density at radius 1 is 1.30 bits per heavy atom. The molecule has 0 aliphatic rings. The minimum Gasteiger partial charge on any atom is -0.322 e. The maximum absolute atomic E-state index is 12.2. The third-order valence-electron chi connectivity index (χ3n) is 2.79. The third-order valence-corrected chi connectivity index (χ3v) is 3.68. The van der Waals surface area contributed by atoms with Crippen molar-refractivity contribution in [1.29, 1.82) is 5.26 Å². The molecule has 0 aliphatic carbocycles. The van der Waals surface area contributed by atoms with Gasteiger partial charge in [0, 0.05) is 15.2 Å². The van der Waals surface area contributed by atoms with Gasteiger partial charge in [0.15, 0.2) is 0 Å². The van der Waals surface area contributed by atoms with E-state index in [2.05, 4.69) is 21.2 Å². The third kappa shape index (κ3) is 3.19. The van der Waals surface area contributed by atoms with E-state index in [1.807, 2.05) is 13.0 Å². The summed E-state index contributed by atoms with van der Waals surface area (Å²) in [4.78, 5) is 12.2. The lowest BCUT2D eigenvalue weighted by Crippen LogP contribution is -2.13. The van der Waals surface area contributed by atoms with Crippen LogP contribution < -0.4 is 5.32 Å². The van der Waals surface area contributed by atoms with Gasteiger partial charge in [0.05, 0.1) is 17.2 Å². The molecule has 1 amide bonds. The van der Waals surface area contributed by atoms with E-state index in [-0.39, 0.29) is 5.91 Å². The van der Waals surface area contributed by atoms with E-state index < -0.39 is 0 Å². The molecule has 3 nitrogen and oxygen atoms in total. The number of rotatable bonds is 2. The molecular weight excluding hydrogens is 340 g/mol. The van der Waals surface area contributed by atoms with Gasteiger partial charge >= 0.3 is 0 Å². The first-order chi connectivity index (χ1) is 9.51. The van der Waals surface area contributed by atoms with Gasteiger partial charge in [-0.3, -0.25) is 4.79 Å². The molecule has 0 saturated heterocycles. The van der Waals surface area contributed by atoms with Crippen molar-refractivity contribution in [3.05, 3.63) is 62.6 Å². The van der Waals surface area contributed by atoms with Crippen molar-refractivity contribution >= 4 is 39.1 Å². The maximum Gasteiger partial charge on any atom is 0.256 e. The zero-order valence-corrected chi connectivity index (χ0v) is 12.9. The molecule has 0 bridgehead atoms. The molecule has 0 spiro atoms. The van der Waals surface area contributed by atoms with Gasteiger partial charge < -0.3 is 5.32 Å². The second-order valence-electron chi connectivity index (χ2n) is 4.22. The Morgan fingerprint density at radius 3 is 2.70 bits per heavy atom. The molecule has 0 unspecified atom stereocenters. The number of nitrogens with one attached hydrogen (secondary N) is 1. The van der Waals surface area contributed by atoms with Gasteiger partial charge in [-0.05, 0) is 58.7 Å². The second kappa shape index (κ2) is 6.08. The van der Waals surface area contributed by atoms with Crippen molar-refractivity contribution in [3.8, 4) is 6.07 Å². The van der Waals surface area contributed by atoms with Crippen LogP contribution in [0.3, 0.4) is 0 Å². The van der Waals surface area contributed by atoms with E-state index in [0.29, 0.717) is 26.3 Å². The molecule has 0 saturated carbocycles. The Labute approximate surface area is 130 Å². The minimum absolute atomic E-state index is 0.258. The lowest BCUT2D eigenvalue weighted by Gasteiger charge is -2.10. The van der Waals surface area contributed by atoms with Crippen LogP contribution in [-0.2, 0) is 0 Å². The Hall–Kier alpha value is -1.83. The molecule has 100 valence electrons. The van der Waals surface area contributed by atoms with Gasteiger partial charge in [-0.2, -0.15) is 5.26 Å². The number of anilines is 1.